The standard InChI is InChI=1S/C22H37N5O3.HI/c1-5-23-21(25-15-22(4,29)16-27-10-12-30-13-11-27)24-14-18-6-8-19(9-7-18)26-20(28)17(2)3;/h6-9,17,29H,5,10-16H2,1-4H3,(H,26,28)(H2,23,24,25);1H. The lowest BCUT2D eigenvalue weighted by molar-refractivity contribution is -0.118. The van der Waals surface area contributed by atoms with Gasteiger partial charge < -0.3 is 25.8 Å². The number of halogens is 1. The van der Waals surface area contributed by atoms with Gasteiger partial charge in [-0.2, -0.15) is 0 Å². The van der Waals surface area contributed by atoms with Crippen LogP contribution < -0.4 is 16.0 Å². The Morgan fingerprint density at radius 3 is 2.45 bits per heavy atom. The molecule has 0 aliphatic carbocycles. The molecule has 1 fully saturated rings. The van der Waals surface area contributed by atoms with Gasteiger partial charge in [-0.25, -0.2) is 4.99 Å². The lowest BCUT2D eigenvalue weighted by Crippen LogP contribution is -2.52. The number of benzene rings is 1. The molecule has 1 saturated heterocycles. The molecule has 0 radical (unpaired) electrons. The van der Waals surface area contributed by atoms with Gasteiger partial charge in [-0.15, -0.1) is 24.0 Å². The number of carbonyl (C=O) groups is 1. The van der Waals surface area contributed by atoms with Crippen LogP contribution in [0.15, 0.2) is 29.3 Å². The SMILES string of the molecule is CCNC(=NCc1ccc(NC(=O)C(C)C)cc1)NCC(C)(O)CN1CCOCC1.I. The number of morpholine rings is 1. The molecule has 0 saturated carbocycles. The summed E-state index contributed by atoms with van der Waals surface area (Å²) in [5, 5.41) is 20.1. The number of hydrogen-bond donors (Lipinski definition) is 4. The van der Waals surface area contributed by atoms with Gasteiger partial charge in [0.05, 0.1) is 25.4 Å². The monoisotopic (exact) mass is 547 g/mol. The van der Waals surface area contributed by atoms with Crippen LogP contribution in [0, 0.1) is 5.92 Å². The minimum atomic E-state index is -0.871. The Bertz CT molecular complexity index is 689. The van der Waals surface area contributed by atoms with Crippen molar-refractivity contribution < 1.29 is 14.6 Å². The zero-order valence-corrected chi connectivity index (χ0v) is 21.4. The molecule has 4 N–H and O–H groups in total. The van der Waals surface area contributed by atoms with Crippen LogP contribution in [0.2, 0.25) is 0 Å². The van der Waals surface area contributed by atoms with E-state index in [1.165, 1.54) is 0 Å². The molecule has 0 aromatic heterocycles. The van der Waals surface area contributed by atoms with Crippen molar-refractivity contribution in [1.82, 2.24) is 15.5 Å². The predicted molar refractivity (Wildman–Crippen MR) is 136 cm³/mol. The summed E-state index contributed by atoms with van der Waals surface area (Å²) in [4.78, 5) is 18.6. The summed E-state index contributed by atoms with van der Waals surface area (Å²) < 4.78 is 5.37. The summed E-state index contributed by atoms with van der Waals surface area (Å²) in [7, 11) is 0. The van der Waals surface area contributed by atoms with Crippen molar-refractivity contribution in [1.29, 1.82) is 0 Å². The number of rotatable bonds is 9. The molecule has 1 amide bonds. The van der Waals surface area contributed by atoms with E-state index in [9.17, 15) is 9.90 Å². The third-order valence-corrected chi connectivity index (χ3v) is 4.81. The van der Waals surface area contributed by atoms with Crippen molar-refractivity contribution in [3.63, 3.8) is 0 Å². The summed E-state index contributed by atoms with van der Waals surface area (Å²) in [6.45, 7) is 12.9. The molecule has 2 rings (SSSR count). The number of hydrogen-bond acceptors (Lipinski definition) is 5. The lowest BCUT2D eigenvalue weighted by Gasteiger charge is -2.34. The van der Waals surface area contributed by atoms with Crippen LogP contribution >= 0.6 is 24.0 Å². The number of ether oxygens (including phenoxy) is 1. The van der Waals surface area contributed by atoms with Crippen LogP contribution in [-0.2, 0) is 16.1 Å². The maximum atomic E-state index is 11.8. The molecule has 1 aliphatic rings. The summed E-state index contributed by atoms with van der Waals surface area (Å²) in [5.41, 5.74) is 0.949. The first-order chi connectivity index (χ1) is 14.3. The Balaban J connectivity index is 0.00000480. The molecule has 1 aromatic carbocycles. The Morgan fingerprint density at radius 1 is 1.23 bits per heavy atom. The molecular formula is C22H38IN5O3. The van der Waals surface area contributed by atoms with Crippen molar-refractivity contribution in [2.24, 2.45) is 10.9 Å². The Kier molecular flexibility index (Phi) is 12.3. The second kappa shape index (κ2) is 13.9. The average Bonchev–Trinajstić information content (AvgIpc) is 2.71. The zero-order valence-electron chi connectivity index (χ0n) is 19.1. The van der Waals surface area contributed by atoms with Crippen molar-refractivity contribution >= 4 is 41.5 Å². The van der Waals surface area contributed by atoms with Crippen LogP contribution in [0.25, 0.3) is 0 Å². The maximum absolute atomic E-state index is 11.8. The number of anilines is 1. The first-order valence-corrected chi connectivity index (χ1v) is 10.7. The van der Waals surface area contributed by atoms with Gasteiger partial charge in [0, 0.05) is 44.3 Å². The minimum absolute atomic E-state index is 0. The van der Waals surface area contributed by atoms with E-state index < -0.39 is 5.60 Å². The Hall–Kier alpha value is -1.43. The van der Waals surface area contributed by atoms with E-state index in [1.54, 1.807) is 0 Å². The lowest BCUT2D eigenvalue weighted by atomic mass is 10.1. The van der Waals surface area contributed by atoms with Crippen molar-refractivity contribution in [3.05, 3.63) is 29.8 Å². The highest BCUT2D eigenvalue weighted by Crippen LogP contribution is 2.12. The molecule has 0 spiro atoms. The number of amides is 1. The van der Waals surface area contributed by atoms with Crippen LogP contribution in [0.3, 0.4) is 0 Å². The molecule has 8 nitrogen and oxygen atoms in total. The second-order valence-corrected chi connectivity index (χ2v) is 8.28. The largest absolute Gasteiger partial charge is 0.387 e. The highest BCUT2D eigenvalue weighted by Gasteiger charge is 2.25. The fourth-order valence-corrected chi connectivity index (χ4v) is 3.06. The third kappa shape index (κ3) is 10.6. The molecule has 1 aromatic rings. The summed E-state index contributed by atoms with van der Waals surface area (Å²) in [5.74, 6) is 0.615. The second-order valence-electron chi connectivity index (χ2n) is 8.28. The van der Waals surface area contributed by atoms with Gasteiger partial charge in [0.25, 0.3) is 0 Å². The number of nitrogens with zero attached hydrogens (tertiary/aromatic N) is 2. The van der Waals surface area contributed by atoms with E-state index in [0.29, 0.717) is 38.8 Å². The Morgan fingerprint density at radius 2 is 1.87 bits per heavy atom. The summed E-state index contributed by atoms with van der Waals surface area (Å²) in [6.07, 6.45) is 0. The van der Waals surface area contributed by atoms with Gasteiger partial charge in [-0.1, -0.05) is 26.0 Å². The van der Waals surface area contributed by atoms with Gasteiger partial charge in [0.1, 0.15) is 0 Å². The smallest absolute Gasteiger partial charge is 0.226 e. The molecule has 31 heavy (non-hydrogen) atoms. The van der Waals surface area contributed by atoms with Crippen molar-refractivity contribution in [2.45, 2.75) is 39.8 Å². The Labute approximate surface area is 203 Å². The van der Waals surface area contributed by atoms with Crippen LogP contribution in [0.4, 0.5) is 5.69 Å². The predicted octanol–water partition coefficient (Wildman–Crippen LogP) is 2.04. The zero-order chi connectivity index (χ0) is 22.0. The molecule has 9 heteroatoms. The van der Waals surface area contributed by atoms with Gasteiger partial charge in [0.15, 0.2) is 5.96 Å². The van der Waals surface area contributed by atoms with E-state index in [0.717, 1.165) is 30.9 Å². The van der Waals surface area contributed by atoms with E-state index in [4.69, 9.17) is 4.74 Å². The van der Waals surface area contributed by atoms with Gasteiger partial charge >= 0.3 is 0 Å². The molecule has 1 aliphatic heterocycles. The maximum Gasteiger partial charge on any atom is 0.226 e. The van der Waals surface area contributed by atoms with E-state index in [1.807, 2.05) is 52.0 Å². The number of carbonyl (C=O) groups excluding carboxylic acids is 1. The minimum Gasteiger partial charge on any atom is -0.387 e. The molecular weight excluding hydrogens is 509 g/mol. The fraction of sp³-hybridized carbons (Fsp3) is 0.636. The highest BCUT2D eigenvalue weighted by molar-refractivity contribution is 14.0. The van der Waals surface area contributed by atoms with Gasteiger partial charge in [-0.3, -0.25) is 9.69 Å². The number of aliphatic imine (C=N–C) groups is 1. The van der Waals surface area contributed by atoms with E-state index in [2.05, 4.69) is 25.8 Å². The first kappa shape index (κ1) is 27.6. The van der Waals surface area contributed by atoms with Crippen molar-refractivity contribution in [2.75, 3.05) is 51.3 Å². The number of aliphatic hydroxyl groups is 1. The topological polar surface area (TPSA) is 98.2 Å². The van der Waals surface area contributed by atoms with Gasteiger partial charge in [0.2, 0.25) is 5.91 Å². The number of β-amino-alcohol motifs (C(OH)–C–C–N with tert-alkyl or cyclic N) is 1. The molecule has 1 atom stereocenters. The van der Waals surface area contributed by atoms with Crippen LogP contribution in [-0.4, -0.2) is 73.4 Å². The van der Waals surface area contributed by atoms with Crippen LogP contribution in [0.5, 0.6) is 0 Å². The average molecular weight is 547 g/mol. The fourth-order valence-electron chi connectivity index (χ4n) is 3.06. The molecule has 1 heterocycles. The highest BCUT2D eigenvalue weighted by atomic mass is 127. The molecule has 1 unspecified atom stereocenters. The van der Waals surface area contributed by atoms with Crippen molar-refractivity contribution in [3.8, 4) is 0 Å². The third-order valence-electron chi connectivity index (χ3n) is 4.81. The first-order valence-electron chi connectivity index (χ1n) is 10.7. The van der Waals surface area contributed by atoms with Gasteiger partial charge in [-0.05, 0) is 31.5 Å². The van der Waals surface area contributed by atoms with E-state index >= 15 is 0 Å². The normalized spacial score (nSPS) is 16.9. The molecule has 0 bridgehead atoms. The van der Waals surface area contributed by atoms with E-state index in [-0.39, 0.29) is 35.8 Å². The summed E-state index contributed by atoms with van der Waals surface area (Å²) in [6, 6.07) is 7.69. The molecule has 176 valence electrons. The summed E-state index contributed by atoms with van der Waals surface area (Å²) >= 11 is 0. The number of guanidine groups is 1. The quantitative estimate of drug-likeness (QED) is 0.215. The van der Waals surface area contributed by atoms with Crippen LogP contribution in [0.1, 0.15) is 33.3 Å². The number of nitrogens with one attached hydrogen (secondary N) is 3.